The zero-order valence-electron chi connectivity index (χ0n) is 10.5. The fourth-order valence-corrected chi connectivity index (χ4v) is 1.48. The maximum Gasteiger partial charge on any atom is 0.332 e. The van der Waals surface area contributed by atoms with Crippen LogP contribution in [-0.4, -0.2) is 37.1 Å². The Morgan fingerprint density at radius 2 is 2.35 bits per heavy atom. The third kappa shape index (κ3) is 2.53. The van der Waals surface area contributed by atoms with Gasteiger partial charge in [0.25, 0.3) is 5.91 Å². The van der Waals surface area contributed by atoms with Gasteiger partial charge in [0.2, 0.25) is 11.8 Å². The number of amides is 1. The number of nitrogens with zero attached hydrogens (tertiary/aromatic N) is 5. The molecule has 0 aliphatic carbocycles. The average molecular weight is 277 g/mol. The first-order chi connectivity index (χ1) is 9.52. The summed E-state index contributed by atoms with van der Waals surface area (Å²) in [6.45, 7) is 2.40. The Hall–Kier alpha value is -3.04. The van der Waals surface area contributed by atoms with E-state index < -0.39 is 10.8 Å². The van der Waals surface area contributed by atoms with Crippen LogP contribution in [0.25, 0.3) is 5.82 Å². The second-order valence-corrected chi connectivity index (χ2v) is 3.70. The summed E-state index contributed by atoms with van der Waals surface area (Å²) in [5, 5.41) is 17.7. The molecule has 0 unspecified atom stereocenters. The zero-order valence-corrected chi connectivity index (χ0v) is 10.5. The van der Waals surface area contributed by atoms with E-state index in [1.54, 1.807) is 0 Å². The molecule has 2 heterocycles. The fourth-order valence-electron chi connectivity index (χ4n) is 1.48. The molecule has 0 spiro atoms. The van der Waals surface area contributed by atoms with E-state index in [2.05, 4.69) is 20.4 Å². The van der Waals surface area contributed by atoms with Crippen molar-refractivity contribution >= 4 is 17.5 Å². The van der Waals surface area contributed by atoms with E-state index in [4.69, 9.17) is 5.73 Å². The molecule has 0 saturated carbocycles. The van der Waals surface area contributed by atoms with Crippen molar-refractivity contribution in [3.63, 3.8) is 0 Å². The first-order valence-corrected chi connectivity index (χ1v) is 5.64. The second-order valence-electron chi connectivity index (χ2n) is 3.70. The largest absolute Gasteiger partial charge is 0.364 e. The molecule has 0 atom stereocenters. The highest BCUT2D eigenvalue weighted by Crippen LogP contribution is 2.20. The fraction of sp³-hybridized carbons (Fsp3) is 0.200. The van der Waals surface area contributed by atoms with Crippen molar-refractivity contribution in [1.29, 1.82) is 0 Å². The summed E-state index contributed by atoms with van der Waals surface area (Å²) < 4.78 is 1.11. The van der Waals surface area contributed by atoms with Gasteiger partial charge in [0.1, 0.15) is 11.9 Å². The van der Waals surface area contributed by atoms with E-state index in [1.165, 1.54) is 12.3 Å². The third-order valence-corrected chi connectivity index (χ3v) is 2.34. The van der Waals surface area contributed by atoms with Crippen molar-refractivity contribution in [3.05, 3.63) is 34.3 Å². The van der Waals surface area contributed by atoms with Gasteiger partial charge < -0.3 is 11.1 Å². The minimum absolute atomic E-state index is 0.0112. The summed E-state index contributed by atoms with van der Waals surface area (Å²) in [5.74, 6) is -0.551. The Bertz CT molecular complexity index is 667. The van der Waals surface area contributed by atoms with Gasteiger partial charge in [-0.15, -0.1) is 0 Å². The third-order valence-electron chi connectivity index (χ3n) is 2.34. The van der Waals surface area contributed by atoms with Crippen LogP contribution in [0.5, 0.6) is 0 Å². The summed E-state index contributed by atoms with van der Waals surface area (Å²) >= 11 is 0. The number of aromatic nitrogens is 4. The molecule has 0 fully saturated rings. The van der Waals surface area contributed by atoms with Crippen molar-refractivity contribution < 1.29 is 9.72 Å². The van der Waals surface area contributed by atoms with Crippen LogP contribution in [0.2, 0.25) is 0 Å². The minimum Gasteiger partial charge on any atom is -0.364 e. The maximum atomic E-state index is 11.0. The number of anilines is 1. The lowest BCUT2D eigenvalue weighted by Gasteiger charge is -2.05. The van der Waals surface area contributed by atoms with Gasteiger partial charge in [0.05, 0.1) is 4.92 Å². The molecule has 3 N–H and O–H groups in total. The highest BCUT2D eigenvalue weighted by atomic mass is 16.6. The van der Waals surface area contributed by atoms with Crippen LogP contribution in [0.1, 0.15) is 17.4 Å². The van der Waals surface area contributed by atoms with Crippen LogP contribution in [0.15, 0.2) is 18.5 Å². The van der Waals surface area contributed by atoms with Crippen molar-refractivity contribution in [1.82, 2.24) is 19.7 Å². The van der Waals surface area contributed by atoms with E-state index in [0.29, 0.717) is 6.54 Å². The molecular weight excluding hydrogens is 266 g/mol. The number of primary amides is 1. The number of carbonyl (C=O) groups excluding carboxylic acids is 1. The van der Waals surface area contributed by atoms with Crippen molar-refractivity contribution in [3.8, 4) is 5.82 Å². The predicted octanol–water partition coefficient (Wildman–Crippen LogP) is 0.101. The number of hydrogen-bond acceptors (Lipinski definition) is 7. The Morgan fingerprint density at radius 3 is 2.90 bits per heavy atom. The molecule has 10 heteroatoms. The van der Waals surface area contributed by atoms with Crippen LogP contribution >= 0.6 is 0 Å². The number of nitro groups is 1. The molecule has 0 radical (unpaired) electrons. The first-order valence-electron chi connectivity index (χ1n) is 5.64. The summed E-state index contributed by atoms with van der Waals surface area (Å²) in [5.41, 5.74) is 4.75. The van der Waals surface area contributed by atoms with Crippen LogP contribution in [-0.2, 0) is 0 Å². The molecule has 0 aliphatic rings. The van der Waals surface area contributed by atoms with Gasteiger partial charge >= 0.3 is 5.69 Å². The standard InChI is InChI=1S/C10H11N7O3/c1-2-12-10-13-5-7(17(19)20)9(14-10)16-4-3-6(15-16)8(11)18/h3-5H,2H2,1H3,(H2,11,18)(H,12,13,14). The predicted molar refractivity (Wildman–Crippen MR) is 68.5 cm³/mol. The Kier molecular flexibility index (Phi) is 3.55. The van der Waals surface area contributed by atoms with Gasteiger partial charge in [-0.1, -0.05) is 0 Å². The molecule has 0 saturated heterocycles. The molecule has 2 aromatic heterocycles. The van der Waals surface area contributed by atoms with E-state index in [1.807, 2.05) is 6.92 Å². The number of carbonyl (C=O) groups is 1. The highest BCUT2D eigenvalue weighted by Gasteiger charge is 2.20. The molecule has 0 aromatic carbocycles. The summed E-state index contributed by atoms with van der Waals surface area (Å²) in [4.78, 5) is 29.2. The van der Waals surface area contributed by atoms with Crippen LogP contribution in [0.4, 0.5) is 11.6 Å². The second kappa shape index (κ2) is 5.30. The molecular formula is C10H11N7O3. The van der Waals surface area contributed by atoms with Gasteiger partial charge in [0.15, 0.2) is 0 Å². The SMILES string of the molecule is CCNc1ncc([N+](=O)[O-])c(-n2ccc(C(N)=O)n2)n1. The number of rotatable bonds is 5. The summed E-state index contributed by atoms with van der Waals surface area (Å²) in [7, 11) is 0. The van der Waals surface area contributed by atoms with Gasteiger partial charge in [-0.25, -0.2) is 9.67 Å². The van der Waals surface area contributed by atoms with E-state index in [-0.39, 0.29) is 23.1 Å². The minimum atomic E-state index is -0.729. The van der Waals surface area contributed by atoms with Gasteiger partial charge in [0, 0.05) is 12.7 Å². The highest BCUT2D eigenvalue weighted by molar-refractivity contribution is 5.90. The van der Waals surface area contributed by atoms with Gasteiger partial charge in [-0.05, 0) is 13.0 Å². The van der Waals surface area contributed by atoms with Gasteiger partial charge in [-0.3, -0.25) is 14.9 Å². The van der Waals surface area contributed by atoms with Crippen LogP contribution in [0, 0.1) is 10.1 Å². The Balaban J connectivity index is 2.53. The zero-order chi connectivity index (χ0) is 14.7. The van der Waals surface area contributed by atoms with Crippen LogP contribution in [0.3, 0.4) is 0 Å². The number of hydrogen-bond donors (Lipinski definition) is 2. The van der Waals surface area contributed by atoms with Crippen molar-refractivity contribution in [2.75, 3.05) is 11.9 Å². The smallest absolute Gasteiger partial charge is 0.332 e. The average Bonchev–Trinajstić information content (AvgIpc) is 2.88. The van der Waals surface area contributed by atoms with E-state index in [9.17, 15) is 14.9 Å². The molecule has 20 heavy (non-hydrogen) atoms. The Morgan fingerprint density at radius 1 is 1.60 bits per heavy atom. The molecule has 104 valence electrons. The molecule has 2 aromatic rings. The Labute approximate surface area is 112 Å². The van der Waals surface area contributed by atoms with Crippen molar-refractivity contribution in [2.24, 2.45) is 5.73 Å². The number of nitrogens with one attached hydrogen (secondary N) is 1. The topological polar surface area (TPSA) is 142 Å². The summed E-state index contributed by atoms with van der Waals surface area (Å²) in [6, 6.07) is 1.35. The van der Waals surface area contributed by atoms with E-state index in [0.717, 1.165) is 10.9 Å². The molecule has 10 nitrogen and oxygen atoms in total. The maximum absolute atomic E-state index is 11.0. The lowest BCUT2D eigenvalue weighted by Crippen LogP contribution is -2.13. The monoisotopic (exact) mass is 277 g/mol. The first kappa shape index (κ1) is 13.4. The van der Waals surface area contributed by atoms with Crippen LogP contribution < -0.4 is 11.1 Å². The number of nitrogens with two attached hydrogens (primary N) is 1. The molecule has 0 bridgehead atoms. The van der Waals surface area contributed by atoms with E-state index >= 15 is 0 Å². The van der Waals surface area contributed by atoms with Gasteiger partial charge in [-0.2, -0.15) is 10.1 Å². The normalized spacial score (nSPS) is 10.2. The molecule has 2 rings (SSSR count). The molecule has 1 amide bonds. The lowest BCUT2D eigenvalue weighted by atomic mass is 10.4. The quantitative estimate of drug-likeness (QED) is 0.582. The molecule has 0 aliphatic heterocycles. The lowest BCUT2D eigenvalue weighted by molar-refractivity contribution is -0.385. The van der Waals surface area contributed by atoms with Crippen molar-refractivity contribution in [2.45, 2.75) is 6.92 Å². The summed E-state index contributed by atoms with van der Waals surface area (Å²) in [6.07, 6.45) is 2.44.